The fourth-order valence-electron chi connectivity index (χ4n) is 1.85. The molecule has 0 radical (unpaired) electrons. The van der Waals surface area contributed by atoms with Crippen LogP contribution in [0.15, 0.2) is 48.5 Å². The minimum absolute atomic E-state index is 0.0674. The predicted octanol–water partition coefficient (Wildman–Crippen LogP) is 2.78. The summed E-state index contributed by atoms with van der Waals surface area (Å²) < 4.78 is 0. The van der Waals surface area contributed by atoms with Crippen LogP contribution in [0.25, 0.3) is 0 Å². The van der Waals surface area contributed by atoms with E-state index in [-0.39, 0.29) is 11.3 Å². The van der Waals surface area contributed by atoms with E-state index in [0.717, 1.165) is 4.90 Å². The summed E-state index contributed by atoms with van der Waals surface area (Å²) in [5.41, 5.74) is 0.564. The number of phenolic OH excluding ortho intramolecular Hbond substituents is 1. The van der Waals surface area contributed by atoms with Crippen LogP contribution in [-0.4, -0.2) is 28.6 Å². The molecule has 0 fully saturated rings. The normalized spacial score (nSPS) is 10.1. The average molecular weight is 306 g/mol. The monoisotopic (exact) mass is 305 g/mol. The van der Waals surface area contributed by atoms with E-state index in [1.54, 1.807) is 18.2 Å². The molecule has 0 atom stereocenters. The third kappa shape index (κ3) is 3.73. The van der Waals surface area contributed by atoms with Gasteiger partial charge in [0.25, 0.3) is 5.91 Å². The predicted molar refractivity (Wildman–Crippen MR) is 78.9 cm³/mol. The fourth-order valence-corrected chi connectivity index (χ4v) is 2.04. The molecule has 6 heteroatoms. The quantitative estimate of drug-likeness (QED) is 0.910. The van der Waals surface area contributed by atoms with Gasteiger partial charge in [0.2, 0.25) is 0 Å². The maximum Gasteiger partial charge on any atom is 0.323 e. The Morgan fingerprint density at radius 1 is 1.10 bits per heavy atom. The van der Waals surface area contributed by atoms with Crippen molar-refractivity contribution in [2.24, 2.45) is 0 Å². The Labute approximate surface area is 126 Å². The molecule has 0 bridgehead atoms. The number of phenols is 1. The number of carbonyl (C=O) groups excluding carboxylic acids is 1. The zero-order valence-corrected chi connectivity index (χ0v) is 11.6. The summed E-state index contributed by atoms with van der Waals surface area (Å²) in [5, 5.41) is 18.8. The molecule has 0 aliphatic carbocycles. The van der Waals surface area contributed by atoms with E-state index in [1.807, 2.05) is 0 Å². The van der Waals surface area contributed by atoms with Gasteiger partial charge in [-0.3, -0.25) is 14.5 Å². The molecule has 0 heterocycles. The zero-order chi connectivity index (χ0) is 15.4. The van der Waals surface area contributed by atoms with Gasteiger partial charge in [-0.15, -0.1) is 0 Å². The van der Waals surface area contributed by atoms with Crippen LogP contribution < -0.4 is 4.90 Å². The van der Waals surface area contributed by atoms with Crippen molar-refractivity contribution in [3.63, 3.8) is 0 Å². The highest BCUT2D eigenvalue weighted by molar-refractivity contribution is 6.31. The van der Waals surface area contributed by atoms with Crippen LogP contribution in [0.2, 0.25) is 5.02 Å². The van der Waals surface area contributed by atoms with Crippen LogP contribution in [0.5, 0.6) is 5.75 Å². The minimum Gasteiger partial charge on any atom is -0.508 e. The molecule has 1 amide bonds. The van der Waals surface area contributed by atoms with Crippen LogP contribution in [0.4, 0.5) is 5.69 Å². The lowest BCUT2D eigenvalue weighted by molar-refractivity contribution is -0.135. The summed E-state index contributed by atoms with van der Waals surface area (Å²) in [4.78, 5) is 24.5. The van der Waals surface area contributed by atoms with Gasteiger partial charge in [-0.1, -0.05) is 23.7 Å². The van der Waals surface area contributed by atoms with Crippen molar-refractivity contribution in [3.8, 4) is 5.75 Å². The second-order valence-electron chi connectivity index (χ2n) is 4.32. The number of aromatic hydroxyl groups is 1. The van der Waals surface area contributed by atoms with Crippen LogP contribution in [0.3, 0.4) is 0 Å². The lowest BCUT2D eigenvalue weighted by atomic mass is 10.1. The van der Waals surface area contributed by atoms with Gasteiger partial charge in [-0.2, -0.15) is 0 Å². The second-order valence-corrected chi connectivity index (χ2v) is 4.75. The Morgan fingerprint density at radius 3 is 2.43 bits per heavy atom. The molecule has 2 aromatic carbocycles. The Bertz CT molecular complexity index is 687. The molecule has 0 spiro atoms. The van der Waals surface area contributed by atoms with Crippen molar-refractivity contribution in [3.05, 3.63) is 59.1 Å². The number of carbonyl (C=O) groups is 2. The number of benzene rings is 2. The number of aliphatic carboxylic acids is 1. The van der Waals surface area contributed by atoms with Gasteiger partial charge in [-0.05, 0) is 36.4 Å². The summed E-state index contributed by atoms with van der Waals surface area (Å²) in [5.74, 6) is -1.75. The van der Waals surface area contributed by atoms with E-state index in [2.05, 4.69) is 0 Å². The third-order valence-corrected chi connectivity index (χ3v) is 2.99. The molecule has 2 rings (SSSR count). The topological polar surface area (TPSA) is 77.8 Å². The van der Waals surface area contributed by atoms with Gasteiger partial charge in [-0.25, -0.2) is 0 Å². The number of nitrogens with zero attached hydrogens (tertiary/aromatic N) is 1. The van der Waals surface area contributed by atoms with Crippen LogP contribution in [0, 0.1) is 0 Å². The number of hydrogen-bond donors (Lipinski definition) is 2. The van der Waals surface area contributed by atoms with Gasteiger partial charge in [0.1, 0.15) is 12.3 Å². The van der Waals surface area contributed by atoms with Gasteiger partial charge in [0.15, 0.2) is 0 Å². The average Bonchev–Trinajstić information content (AvgIpc) is 2.44. The van der Waals surface area contributed by atoms with Gasteiger partial charge in [0.05, 0.1) is 0 Å². The molecule has 5 nitrogen and oxygen atoms in total. The molecular weight excluding hydrogens is 294 g/mol. The first-order valence-electron chi connectivity index (χ1n) is 6.05. The zero-order valence-electron chi connectivity index (χ0n) is 10.9. The molecule has 0 saturated heterocycles. The van der Waals surface area contributed by atoms with Crippen LogP contribution >= 0.6 is 11.6 Å². The van der Waals surface area contributed by atoms with E-state index in [9.17, 15) is 14.7 Å². The molecule has 0 saturated carbocycles. The first-order chi connectivity index (χ1) is 9.97. The highest BCUT2D eigenvalue weighted by Gasteiger charge is 2.21. The molecule has 0 aliphatic rings. The summed E-state index contributed by atoms with van der Waals surface area (Å²) in [6.45, 7) is -0.505. The Balaban J connectivity index is 2.40. The van der Waals surface area contributed by atoms with E-state index in [0.29, 0.717) is 10.7 Å². The summed E-state index contributed by atoms with van der Waals surface area (Å²) >= 11 is 5.88. The molecule has 0 aliphatic heterocycles. The molecule has 21 heavy (non-hydrogen) atoms. The van der Waals surface area contributed by atoms with E-state index in [1.165, 1.54) is 30.3 Å². The number of rotatable bonds is 4. The summed E-state index contributed by atoms with van der Waals surface area (Å²) in [7, 11) is 0. The summed E-state index contributed by atoms with van der Waals surface area (Å²) in [6, 6.07) is 12.1. The lowest BCUT2D eigenvalue weighted by Gasteiger charge is -2.21. The Hall–Kier alpha value is -2.53. The molecule has 2 N–H and O–H groups in total. The maximum atomic E-state index is 12.5. The SMILES string of the molecule is O=C(O)CN(C(=O)c1cccc(O)c1)c1cccc(Cl)c1. The Kier molecular flexibility index (Phi) is 4.45. The van der Waals surface area contributed by atoms with Crippen molar-refractivity contribution in [2.75, 3.05) is 11.4 Å². The molecule has 2 aromatic rings. The highest BCUT2D eigenvalue weighted by atomic mass is 35.5. The molecule has 108 valence electrons. The van der Waals surface area contributed by atoms with Crippen LogP contribution in [-0.2, 0) is 4.79 Å². The maximum absolute atomic E-state index is 12.5. The number of carboxylic acids is 1. The van der Waals surface area contributed by atoms with Crippen LogP contribution in [0.1, 0.15) is 10.4 Å². The number of anilines is 1. The minimum atomic E-state index is -1.15. The molecule has 0 unspecified atom stereocenters. The molecule has 0 aromatic heterocycles. The standard InChI is InChI=1S/C15H12ClNO4/c16-11-4-2-5-12(8-11)17(9-14(19)20)15(21)10-3-1-6-13(18)7-10/h1-8,18H,9H2,(H,19,20). The first-order valence-corrected chi connectivity index (χ1v) is 6.43. The van der Waals surface area contributed by atoms with Crippen molar-refractivity contribution < 1.29 is 19.8 Å². The number of hydrogen-bond acceptors (Lipinski definition) is 3. The second kappa shape index (κ2) is 6.28. The smallest absolute Gasteiger partial charge is 0.323 e. The van der Waals surface area contributed by atoms with Gasteiger partial charge in [0, 0.05) is 16.3 Å². The van der Waals surface area contributed by atoms with Gasteiger partial charge >= 0.3 is 5.97 Å². The highest BCUT2D eigenvalue weighted by Crippen LogP contribution is 2.22. The summed E-state index contributed by atoms with van der Waals surface area (Å²) in [6.07, 6.45) is 0. The number of halogens is 1. The Morgan fingerprint density at radius 2 is 1.81 bits per heavy atom. The largest absolute Gasteiger partial charge is 0.508 e. The number of amides is 1. The van der Waals surface area contributed by atoms with Crippen molar-refractivity contribution in [2.45, 2.75) is 0 Å². The van der Waals surface area contributed by atoms with Crippen molar-refractivity contribution in [1.82, 2.24) is 0 Å². The van der Waals surface area contributed by atoms with Crippen molar-refractivity contribution in [1.29, 1.82) is 0 Å². The first kappa shape index (κ1) is 14.9. The number of carboxylic acid groups (broad SMARTS) is 1. The fraction of sp³-hybridized carbons (Fsp3) is 0.0667. The van der Waals surface area contributed by atoms with Gasteiger partial charge < -0.3 is 10.2 Å². The lowest BCUT2D eigenvalue weighted by Crippen LogP contribution is -2.35. The van der Waals surface area contributed by atoms with E-state index < -0.39 is 18.4 Å². The van der Waals surface area contributed by atoms with Crippen molar-refractivity contribution >= 4 is 29.2 Å². The van der Waals surface area contributed by atoms with E-state index in [4.69, 9.17) is 16.7 Å². The third-order valence-electron chi connectivity index (χ3n) is 2.75. The molecular formula is C15H12ClNO4. The van der Waals surface area contributed by atoms with E-state index >= 15 is 0 Å².